The summed E-state index contributed by atoms with van der Waals surface area (Å²) >= 11 is 5.05. The molecule has 684 valence electrons. The maximum Gasteiger partial charge on any atom is 2.00 e. The summed E-state index contributed by atoms with van der Waals surface area (Å²) in [6, 6.07) is 111. The molecule has 0 aliphatic rings. The zero-order valence-corrected chi connectivity index (χ0v) is 85.2. The first-order valence-corrected chi connectivity index (χ1v) is 47.2. The van der Waals surface area contributed by atoms with Gasteiger partial charge in [0.05, 0.1) is 28.2 Å². The van der Waals surface area contributed by atoms with Crippen LogP contribution in [0.2, 0.25) is 0 Å². The van der Waals surface area contributed by atoms with E-state index in [0.29, 0.717) is 0 Å². The molecule has 0 atom stereocenters. The smallest absolute Gasteiger partial charge is 0.346 e. The Hall–Kier alpha value is -15.5. The van der Waals surface area contributed by atoms with Crippen LogP contribution in [0.3, 0.4) is 0 Å². The fourth-order valence-corrected chi connectivity index (χ4v) is 21.4. The molecule has 15 aromatic heterocycles. The average molecular weight is 2420 g/mol. The maximum absolute atomic E-state index is 4.96. The first-order chi connectivity index (χ1) is 67.8. The van der Waals surface area contributed by atoms with E-state index in [2.05, 4.69) is 281 Å². The van der Waals surface area contributed by atoms with Crippen molar-refractivity contribution in [2.75, 3.05) is 0 Å². The maximum atomic E-state index is 4.96. The Balaban J connectivity index is 0.000000120. The van der Waals surface area contributed by atoms with Crippen LogP contribution in [-0.2, 0) is 105 Å². The molecule has 21 nitrogen and oxygen atoms in total. The fraction of sp³-hybridized carbons (Fsp3) is 0.0526. The van der Waals surface area contributed by atoms with E-state index >= 15 is 0 Å². The quantitative estimate of drug-likeness (QED) is 0.0881. The minimum atomic E-state index is 0. The van der Waals surface area contributed by atoms with Crippen molar-refractivity contribution in [2.24, 2.45) is 42.3 Å². The summed E-state index contributed by atoms with van der Waals surface area (Å²) < 4.78 is 22.4. The summed E-state index contributed by atoms with van der Waals surface area (Å²) in [4.78, 5) is 56.8. The molecule has 141 heavy (non-hydrogen) atoms. The second kappa shape index (κ2) is 37.7. The van der Waals surface area contributed by atoms with Gasteiger partial charge in [-0.3, -0.25) is 15.0 Å². The Morgan fingerprint density at radius 1 is 0.241 bits per heavy atom. The summed E-state index contributed by atoms with van der Waals surface area (Å²) in [7, 11) is 12.0. The van der Waals surface area contributed by atoms with E-state index in [0.717, 1.165) is 247 Å². The molecule has 0 amide bonds. The number of aromatic nitrogens is 21. The zero-order chi connectivity index (χ0) is 92.3. The Bertz CT molecular complexity index is 9330. The van der Waals surface area contributed by atoms with Gasteiger partial charge >= 0.3 is 63.2 Å². The minimum absolute atomic E-state index is 0. The number of rotatable bonds is 15. The van der Waals surface area contributed by atoms with Gasteiger partial charge in [0.2, 0.25) is 0 Å². The molecule has 0 radical (unpaired) electrons. The molecule has 0 aliphatic heterocycles. The summed E-state index contributed by atoms with van der Waals surface area (Å²) in [5.74, 6) is 5.29. The van der Waals surface area contributed by atoms with Gasteiger partial charge < -0.3 is 56.1 Å². The van der Waals surface area contributed by atoms with Crippen LogP contribution < -0.4 is 0 Å². The van der Waals surface area contributed by atoms with Crippen molar-refractivity contribution in [1.29, 1.82) is 0 Å². The van der Waals surface area contributed by atoms with E-state index in [1.54, 1.807) is 46.4 Å². The normalized spacial score (nSPS) is 11.4. The molecular weight excluding hydrogens is 2340 g/mol. The van der Waals surface area contributed by atoms with Gasteiger partial charge in [-0.1, -0.05) is 119 Å². The number of aryl methyl sites for hydroxylation is 6. The molecule has 0 saturated carbocycles. The van der Waals surface area contributed by atoms with E-state index in [1.807, 2.05) is 199 Å². The van der Waals surface area contributed by atoms with Gasteiger partial charge in [0.15, 0.2) is 0 Å². The molecule has 0 spiro atoms. The van der Waals surface area contributed by atoms with Crippen LogP contribution in [0.15, 0.2) is 348 Å². The van der Waals surface area contributed by atoms with Gasteiger partial charge in [0.25, 0.3) is 0 Å². The summed E-state index contributed by atoms with van der Waals surface area (Å²) in [6.45, 7) is 0. The summed E-state index contributed by atoms with van der Waals surface area (Å²) in [6.07, 6.45) is 28.2. The Kier molecular flexibility index (Phi) is 24.2. The summed E-state index contributed by atoms with van der Waals surface area (Å²) in [5, 5.41) is 9.50. The van der Waals surface area contributed by atoms with Crippen molar-refractivity contribution in [3.8, 4) is 151 Å². The third-order valence-corrected chi connectivity index (χ3v) is 28.5. The molecule has 0 fully saturated rings. The predicted molar refractivity (Wildman–Crippen MR) is 554 cm³/mol. The van der Waals surface area contributed by atoms with Crippen molar-refractivity contribution < 1.29 is 63.2 Å². The first kappa shape index (κ1) is 90.6. The third-order valence-electron chi connectivity index (χ3n) is 25.3. The number of para-hydroxylation sites is 4. The van der Waals surface area contributed by atoms with E-state index in [-0.39, 0.29) is 63.2 Å². The second-order valence-electron chi connectivity index (χ2n) is 33.8. The molecule has 0 N–H and O–H groups in total. The van der Waals surface area contributed by atoms with Crippen LogP contribution in [-0.4, -0.2) is 101 Å². The van der Waals surface area contributed by atoms with E-state index < -0.39 is 0 Å². The number of nitrogens with zero attached hydrogens (tertiary/aromatic N) is 21. The van der Waals surface area contributed by atoms with Crippen LogP contribution >= 0.6 is 34.0 Å². The van der Waals surface area contributed by atoms with Gasteiger partial charge in [-0.25, -0.2) is 29.9 Å². The Labute approximate surface area is 863 Å². The number of benzene rings is 12. The number of thiazole rings is 3. The van der Waals surface area contributed by atoms with Crippen LogP contribution in [0, 0.1) is 36.4 Å². The minimum Gasteiger partial charge on any atom is -0.346 e. The SMILES string of the molecule is Cn1ccnc1-c1ccc(-c2[c-]c(-n3c4[c-]c(-c5nc6ccccc6s5)ccc4c4cc(-c5nccn5C)ccc43)ccc2)nc1.Cn1ccnc1-c1ccc(-c2[c-]c(-n3c4[c-]c(-c5nc6ccccc6s5)ccc4c4ccccc43)c(-c3nccn3C)cc2)nc1.Cn1ccnc1-c1ccc2c(c1)c1ccc(-c3nc4ccccc4s3)[c-]c1n2-c1[c-]c(-c2ccccn2)ccc1-c1nccn1C.[Pt+2].[Pt+2].[Pt+2]. The topological polar surface area (TPSA) is 199 Å². The second-order valence-corrected chi connectivity index (χ2v) is 36.9. The molecular formula is C114H75N21Pt3S3. The van der Waals surface area contributed by atoms with Gasteiger partial charge in [-0.05, 0) is 151 Å². The number of imidazole rings is 6. The molecule has 27 aromatic rings. The van der Waals surface area contributed by atoms with Crippen molar-refractivity contribution >= 4 is 130 Å². The molecule has 15 heterocycles. The molecule has 27 heteroatoms. The van der Waals surface area contributed by atoms with Crippen molar-refractivity contribution in [1.82, 2.24) is 101 Å². The Morgan fingerprint density at radius 3 is 1.00 bits per heavy atom. The van der Waals surface area contributed by atoms with Crippen LogP contribution in [0.25, 0.3) is 247 Å². The molecule has 12 aromatic carbocycles. The number of hydrogen-bond acceptors (Lipinski definition) is 15. The first-order valence-electron chi connectivity index (χ1n) is 44.8. The monoisotopic (exact) mass is 2420 g/mol. The zero-order valence-electron chi connectivity index (χ0n) is 76.0. The van der Waals surface area contributed by atoms with Crippen LogP contribution in [0.1, 0.15) is 0 Å². The molecule has 0 unspecified atom stereocenters. The largest absolute Gasteiger partial charge is 2.00 e. The van der Waals surface area contributed by atoms with E-state index in [9.17, 15) is 0 Å². The van der Waals surface area contributed by atoms with E-state index in [1.165, 1.54) is 0 Å². The van der Waals surface area contributed by atoms with E-state index in [4.69, 9.17) is 34.9 Å². The predicted octanol–water partition coefficient (Wildman–Crippen LogP) is 25.6. The average Bonchev–Trinajstić information content (AvgIpc) is 1.57. The third kappa shape index (κ3) is 16.4. The summed E-state index contributed by atoms with van der Waals surface area (Å²) in [5.41, 5.74) is 25.7. The van der Waals surface area contributed by atoms with Crippen LogP contribution in [0.4, 0.5) is 0 Å². The van der Waals surface area contributed by atoms with Crippen molar-refractivity contribution in [3.05, 3.63) is 384 Å². The Morgan fingerprint density at radius 2 is 0.596 bits per heavy atom. The fourth-order valence-electron chi connectivity index (χ4n) is 18.5. The molecule has 0 saturated heterocycles. The molecule has 0 aliphatic carbocycles. The van der Waals surface area contributed by atoms with Crippen LogP contribution in [0.5, 0.6) is 0 Å². The number of fused-ring (bicyclic) bond motifs is 12. The molecule has 0 bridgehead atoms. The van der Waals surface area contributed by atoms with Gasteiger partial charge in [0, 0.05) is 203 Å². The number of hydrogen-bond donors (Lipinski definition) is 0. The van der Waals surface area contributed by atoms with Gasteiger partial charge in [0.1, 0.15) is 23.3 Å². The van der Waals surface area contributed by atoms with Gasteiger partial charge in [-0.15, -0.1) is 149 Å². The van der Waals surface area contributed by atoms with Gasteiger partial charge in [-0.2, -0.15) is 34.0 Å². The standard InChI is InChI=1S/3C38H25N7S.3Pt/c1-43-19-17-39-36(43)26-13-16-30(41-23-26)24-11-15-29(37-40-18-20-44(37)2)34(21-24)45-32-9-5-3-7-27(32)28-14-12-25(22-33(28)45)38-42-31-8-4-6-10-35(31)46-38;1-43-19-17-40-36(43)25-12-15-32-29(21-25)27-13-11-26(38-42-31-8-3-4-9-35(31)46-38)23-33(27)45(32)34-22-24(30-7-5-6-16-39-30)10-14-28(34)37-41-18-20-44(37)2;1-43-18-16-39-36(43)25-12-15-33-30(21-25)29-13-10-26(38-42-32-8-3-4-9-35(32)46-38)22-34(29)45(33)28-7-5-6-24(20-28)31-14-11-27(23-41-31)37-40-17-19-44(37)2;;;/h3-20,23H,1-2H3;3-21H,1-2H3;3-19,21,23H,1-2H3;;;/q3*-2;3*+2. The van der Waals surface area contributed by atoms with Crippen molar-refractivity contribution in [2.45, 2.75) is 0 Å². The number of pyridine rings is 3. The molecule has 27 rings (SSSR count). The van der Waals surface area contributed by atoms with Crippen molar-refractivity contribution in [3.63, 3.8) is 0 Å².